The van der Waals surface area contributed by atoms with Crippen LogP contribution in [-0.2, 0) is 36.3 Å². The summed E-state index contributed by atoms with van der Waals surface area (Å²) < 4.78 is 74.9. The van der Waals surface area contributed by atoms with Gasteiger partial charge in [0, 0.05) is 24.5 Å². The van der Waals surface area contributed by atoms with Crippen LogP contribution >= 0.6 is 23.5 Å². The summed E-state index contributed by atoms with van der Waals surface area (Å²) in [6.45, 7) is 9.70. The molecule has 236 valence electrons. The van der Waals surface area contributed by atoms with Gasteiger partial charge in [0.15, 0.2) is 0 Å². The molecular weight excluding hydrogens is 586 g/mol. The highest BCUT2D eigenvalue weighted by atomic mass is 31.2. The highest BCUT2D eigenvalue weighted by Crippen LogP contribution is 2.52. The van der Waals surface area contributed by atoms with Crippen molar-refractivity contribution in [3.05, 3.63) is 0 Å². The number of hydrogen-bond donors (Lipinski definition) is 6. The van der Waals surface area contributed by atoms with Crippen LogP contribution in [0.5, 0.6) is 0 Å². The van der Waals surface area contributed by atoms with Gasteiger partial charge in [0.05, 0.1) is 31.0 Å². The lowest BCUT2D eigenvalue weighted by atomic mass is 9.83. The molecule has 0 amide bonds. The van der Waals surface area contributed by atoms with Crippen LogP contribution < -0.4 is 5.54 Å². The fourth-order valence-corrected chi connectivity index (χ4v) is 6.37. The number of aliphatic hydroxyl groups is 1. The monoisotopic (exact) mass is 633 g/mol. The van der Waals surface area contributed by atoms with Crippen molar-refractivity contribution < 1.29 is 65.5 Å². The molecule has 0 saturated carbocycles. The third-order valence-electron chi connectivity index (χ3n) is 6.14. The first-order valence-electron chi connectivity index (χ1n) is 12.6. The Balaban J connectivity index is 5.34. The molecule has 6 N–H and O–H groups in total. The molecule has 0 aliphatic carbocycles. The number of nitrogens with one attached hydrogen (secondary N) is 1. The number of rotatable bonds is 22. The minimum Gasteiger partial charge on any atom is -0.396 e. The molecule has 14 nitrogen and oxygen atoms in total. The quantitative estimate of drug-likeness (QED) is 0.0723. The van der Waals surface area contributed by atoms with Gasteiger partial charge in [-0.15, -0.1) is 4.48 Å². The molecule has 18 heteroatoms. The maximum absolute atomic E-state index is 13.2. The van der Waals surface area contributed by atoms with Crippen molar-refractivity contribution in [2.75, 3.05) is 26.4 Å². The van der Waals surface area contributed by atoms with Crippen LogP contribution in [0.3, 0.4) is 0 Å². The Morgan fingerprint density at radius 1 is 0.821 bits per heavy atom. The summed E-state index contributed by atoms with van der Waals surface area (Å²) in [4.78, 5) is 38.6. The summed E-state index contributed by atoms with van der Waals surface area (Å²) in [6, 6.07) is 0. The molecule has 39 heavy (non-hydrogen) atoms. The molecule has 0 aliphatic rings. The van der Waals surface area contributed by atoms with Crippen LogP contribution in [0.25, 0.3) is 0 Å². The van der Waals surface area contributed by atoms with Crippen molar-refractivity contribution in [3.8, 4) is 0 Å². The first-order valence-corrected chi connectivity index (χ1v) is 17.1. The van der Waals surface area contributed by atoms with Gasteiger partial charge in [-0.3, -0.25) is 22.6 Å². The van der Waals surface area contributed by atoms with Gasteiger partial charge in [-0.1, -0.05) is 20.8 Å². The topological polar surface area (TPSA) is 211 Å². The fraction of sp³-hybridized carbons (Fsp3) is 1.00. The first-order chi connectivity index (χ1) is 17.5. The number of aliphatic hydroxyl groups excluding tert-OH is 1. The molecular formula is C21H47FNO13P3. The van der Waals surface area contributed by atoms with Crippen LogP contribution in [0.2, 0.25) is 0 Å². The molecule has 0 radical (unpaired) electrons. The molecule has 0 aromatic rings. The van der Waals surface area contributed by atoms with Gasteiger partial charge in [0.25, 0.3) is 0 Å². The van der Waals surface area contributed by atoms with Crippen LogP contribution in [0.4, 0.5) is 4.48 Å². The zero-order chi connectivity index (χ0) is 30.8. The largest absolute Gasteiger partial charge is 0.472 e. The molecule has 0 fully saturated rings. The van der Waals surface area contributed by atoms with E-state index >= 15 is 0 Å². The maximum atomic E-state index is 13.2. The van der Waals surface area contributed by atoms with Crippen molar-refractivity contribution in [2.45, 2.75) is 97.3 Å². The van der Waals surface area contributed by atoms with Crippen molar-refractivity contribution in [2.24, 2.45) is 11.8 Å². The average Bonchev–Trinajstić information content (AvgIpc) is 2.79. The lowest BCUT2D eigenvalue weighted by Gasteiger charge is -2.36. The summed E-state index contributed by atoms with van der Waals surface area (Å²) in [5.74, 6) is -1.08. The Morgan fingerprint density at radius 3 is 1.79 bits per heavy atom. The number of halogens is 1. The minimum atomic E-state index is -4.82. The third-order valence-corrected chi connectivity index (χ3v) is 8.95. The lowest BCUT2D eigenvalue weighted by molar-refractivity contribution is -0.0123. The molecule has 0 aromatic carbocycles. The molecule has 0 saturated heterocycles. The van der Waals surface area contributed by atoms with Gasteiger partial charge in [-0.25, -0.2) is 13.7 Å². The highest BCUT2D eigenvalue weighted by molar-refractivity contribution is 7.47. The SMILES string of the molecule is CCC(C)(CCOP(=O)(O)OC(C)(CC)CC(COP(=O)(O)O)CC(C)(C)NF)OP(=O)(O)OCC(C)CO. The maximum Gasteiger partial charge on any atom is 0.472 e. The number of phosphoric ester groups is 3. The second-order valence-electron chi connectivity index (χ2n) is 10.9. The van der Waals surface area contributed by atoms with E-state index in [-0.39, 0.29) is 45.3 Å². The predicted octanol–water partition coefficient (Wildman–Crippen LogP) is 4.37. The summed E-state index contributed by atoms with van der Waals surface area (Å²) >= 11 is 0. The van der Waals surface area contributed by atoms with Gasteiger partial charge in [0.1, 0.15) is 0 Å². The molecule has 6 unspecified atom stereocenters. The Labute approximate surface area is 230 Å². The van der Waals surface area contributed by atoms with Gasteiger partial charge < -0.3 is 24.7 Å². The Bertz CT molecular complexity index is 876. The number of hydrogen-bond acceptors (Lipinski definition) is 10. The van der Waals surface area contributed by atoms with Crippen molar-refractivity contribution in [1.29, 1.82) is 0 Å². The average molecular weight is 634 g/mol. The van der Waals surface area contributed by atoms with Gasteiger partial charge in [0.2, 0.25) is 0 Å². The Kier molecular flexibility index (Phi) is 16.2. The number of phosphoric acid groups is 3. The van der Waals surface area contributed by atoms with E-state index in [9.17, 15) is 28.0 Å². The highest BCUT2D eigenvalue weighted by Gasteiger charge is 2.40. The van der Waals surface area contributed by atoms with Gasteiger partial charge >= 0.3 is 23.5 Å². The normalized spacial score (nSPS) is 20.8. The molecule has 6 atom stereocenters. The van der Waals surface area contributed by atoms with E-state index in [1.165, 1.54) is 27.7 Å². The smallest absolute Gasteiger partial charge is 0.396 e. The zero-order valence-electron chi connectivity index (χ0n) is 23.7. The third kappa shape index (κ3) is 17.7. The zero-order valence-corrected chi connectivity index (χ0v) is 26.4. The van der Waals surface area contributed by atoms with Crippen LogP contribution in [-0.4, -0.2) is 67.8 Å². The van der Waals surface area contributed by atoms with Crippen LogP contribution in [0.1, 0.15) is 80.6 Å². The summed E-state index contributed by atoms with van der Waals surface area (Å²) in [5.41, 5.74) is -2.08. The van der Waals surface area contributed by atoms with E-state index in [2.05, 4.69) is 4.52 Å². The lowest BCUT2D eigenvalue weighted by Crippen LogP contribution is -2.39. The van der Waals surface area contributed by atoms with Gasteiger partial charge in [-0.05, 0) is 59.3 Å². The van der Waals surface area contributed by atoms with E-state index < -0.39 is 65.3 Å². The van der Waals surface area contributed by atoms with Crippen LogP contribution in [0, 0.1) is 11.8 Å². The first kappa shape index (κ1) is 39.2. The summed E-state index contributed by atoms with van der Waals surface area (Å²) in [7, 11) is -14.0. The molecule has 0 heterocycles. The van der Waals surface area contributed by atoms with Gasteiger partial charge in [-0.2, -0.15) is 5.54 Å². The molecule has 0 rings (SSSR count). The molecule has 0 spiro atoms. The van der Waals surface area contributed by atoms with Crippen molar-refractivity contribution in [3.63, 3.8) is 0 Å². The standard InChI is InChI=1S/C21H47FNO13P3/c1-8-20(6,35-39(30,31)34-15-17(3)14-24)10-11-32-38(28,29)36-21(7,9-2)13-18(12-19(4,5)23-22)16-33-37(25,26)27/h17-18,23-24H,8-16H2,1-7H3,(H,28,29)(H,30,31)(H2,25,26,27). The summed E-state index contributed by atoms with van der Waals surface area (Å²) in [5, 5.41) is 9.04. The second kappa shape index (κ2) is 16.1. The minimum absolute atomic E-state index is 0.0321. The summed E-state index contributed by atoms with van der Waals surface area (Å²) in [6.07, 6.45) is 0.340. The van der Waals surface area contributed by atoms with Crippen molar-refractivity contribution >= 4 is 23.5 Å². The van der Waals surface area contributed by atoms with E-state index in [0.29, 0.717) is 0 Å². The molecule has 0 aromatic heterocycles. The second-order valence-corrected chi connectivity index (χ2v) is 14.9. The predicted molar refractivity (Wildman–Crippen MR) is 141 cm³/mol. The van der Waals surface area contributed by atoms with E-state index in [4.69, 9.17) is 33.0 Å². The van der Waals surface area contributed by atoms with Crippen molar-refractivity contribution in [1.82, 2.24) is 5.54 Å². The van der Waals surface area contributed by atoms with E-state index in [0.717, 1.165) is 0 Å². The fourth-order valence-electron chi connectivity index (χ4n) is 3.56. The van der Waals surface area contributed by atoms with Crippen LogP contribution in [0.15, 0.2) is 0 Å². The van der Waals surface area contributed by atoms with E-state index in [1.54, 1.807) is 26.3 Å². The Morgan fingerprint density at radius 2 is 1.33 bits per heavy atom. The molecule has 0 aliphatic heterocycles. The van der Waals surface area contributed by atoms with E-state index in [1.807, 2.05) is 0 Å². The molecule has 0 bridgehead atoms. The Hall–Kier alpha value is 0.180.